The van der Waals surface area contributed by atoms with Gasteiger partial charge >= 0.3 is 0 Å². The highest BCUT2D eigenvalue weighted by atomic mass is 35.5. The van der Waals surface area contributed by atoms with Crippen molar-refractivity contribution in [3.05, 3.63) is 40.4 Å². The van der Waals surface area contributed by atoms with Crippen molar-refractivity contribution in [2.75, 3.05) is 39.5 Å². The van der Waals surface area contributed by atoms with E-state index < -0.39 is 0 Å². The normalized spacial score (nSPS) is 15.4. The molecule has 1 aliphatic rings. The van der Waals surface area contributed by atoms with Gasteiger partial charge in [-0.1, -0.05) is 35.9 Å². The van der Waals surface area contributed by atoms with Gasteiger partial charge in [0.05, 0.1) is 36.0 Å². The highest BCUT2D eigenvalue weighted by Crippen LogP contribution is 2.33. The molecule has 0 bridgehead atoms. The van der Waals surface area contributed by atoms with Crippen LogP contribution in [0.3, 0.4) is 0 Å². The van der Waals surface area contributed by atoms with E-state index in [4.69, 9.17) is 32.7 Å². The number of amides is 1. The predicted molar refractivity (Wildman–Crippen MR) is 95.1 cm³/mol. The molecular formula is C16H19Cl2N3O3. The molecule has 1 heterocycles. The van der Waals surface area contributed by atoms with Gasteiger partial charge in [-0.2, -0.15) is 5.10 Å². The van der Waals surface area contributed by atoms with Crippen LogP contribution in [0.5, 0.6) is 5.75 Å². The van der Waals surface area contributed by atoms with Crippen molar-refractivity contribution in [2.45, 2.75) is 0 Å². The molecule has 1 saturated heterocycles. The van der Waals surface area contributed by atoms with E-state index in [2.05, 4.69) is 17.1 Å². The number of ether oxygens (including phenoxy) is 2. The van der Waals surface area contributed by atoms with Crippen LogP contribution in [-0.2, 0) is 9.53 Å². The zero-order chi connectivity index (χ0) is 17.4. The minimum absolute atomic E-state index is 0.184. The fourth-order valence-electron chi connectivity index (χ4n) is 2.11. The number of hydrogen-bond donors (Lipinski definition) is 1. The Morgan fingerprint density at radius 3 is 2.67 bits per heavy atom. The lowest BCUT2D eigenvalue weighted by Crippen LogP contribution is -2.42. The second-order valence-electron chi connectivity index (χ2n) is 5.10. The summed E-state index contributed by atoms with van der Waals surface area (Å²) in [5.74, 6) is 0.211. The van der Waals surface area contributed by atoms with Gasteiger partial charge in [-0.3, -0.25) is 9.69 Å². The summed E-state index contributed by atoms with van der Waals surface area (Å²) in [7, 11) is 0. The molecule has 0 radical (unpaired) electrons. The van der Waals surface area contributed by atoms with Gasteiger partial charge in [-0.25, -0.2) is 5.43 Å². The lowest BCUT2D eigenvalue weighted by Gasteiger charge is -2.25. The molecule has 0 spiro atoms. The van der Waals surface area contributed by atoms with Crippen molar-refractivity contribution in [1.29, 1.82) is 0 Å². The Hall–Kier alpha value is -1.60. The largest absolute Gasteiger partial charge is 0.486 e. The highest BCUT2D eigenvalue weighted by molar-refractivity contribution is 6.37. The topological polar surface area (TPSA) is 63.2 Å². The van der Waals surface area contributed by atoms with E-state index >= 15 is 0 Å². The third-order valence-electron chi connectivity index (χ3n) is 3.24. The van der Waals surface area contributed by atoms with E-state index in [1.807, 2.05) is 4.90 Å². The van der Waals surface area contributed by atoms with Crippen LogP contribution in [0.4, 0.5) is 0 Å². The Balaban J connectivity index is 1.89. The summed E-state index contributed by atoms with van der Waals surface area (Å²) in [4.78, 5) is 13.8. The van der Waals surface area contributed by atoms with Gasteiger partial charge in [0.1, 0.15) is 6.61 Å². The smallest absolute Gasteiger partial charge is 0.254 e. The molecule has 6 nitrogen and oxygen atoms in total. The fraction of sp³-hybridized carbons (Fsp3) is 0.375. The van der Waals surface area contributed by atoms with E-state index in [1.165, 1.54) is 6.21 Å². The maximum atomic E-state index is 11.8. The van der Waals surface area contributed by atoms with Crippen LogP contribution in [-0.4, -0.2) is 56.5 Å². The van der Waals surface area contributed by atoms with Crippen molar-refractivity contribution in [2.24, 2.45) is 5.10 Å². The van der Waals surface area contributed by atoms with Gasteiger partial charge in [-0.15, -0.1) is 0 Å². The molecule has 8 heteroatoms. The molecule has 1 fully saturated rings. The zero-order valence-electron chi connectivity index (χ0n) is 13.1. The Labute approximate surface area is 151 Å². The summed E-state index contributed by atoms with van der Waals surface area (Å²) in [5.41, 5.74) is 3.14. The zero-order valence-corrected chi connectivity index (χ0v) is 14.6. The summed E-state index contributed by atoms with van der Waals surface area (Å²) in [6.07, 6.45) is 3.08. The molecule has 0 aromatic heterocycles. The molecule has 130 valence electrons. The first-order valence-corrected chi connectivity index (χ1v) is 8.20. The number of morpholine rings is 1. The van der Waals surface area contributed by atoms with Crippen molar-refractivity contribution in [1.82, 2.24) is 10.3 Å². The SMILES string of the molecule is C=CCOc1c(Cl)cc(/C=N/NC(=O)CN2CCOCC2)cc1Cl. The summed E-state index contributed by atoms with van der Waals surface area (Å²) in [5, 5.41) is 4.66. The molecular weight excluding hydrogens is 353 g/mol. The minimum Gasteiger partial charge on any atom is -0.486 e. The van der Waals surface area contributed by atoms with Crippen molar-refractivity contribution in [3.63, 3.8) is 0 Å². The molecule has 1 aromatic rings. The number of hydrogen-bond acceptors (Lipinski definition) is 5. The second-order valence-corrected chi connectivity index (χ2v) is 5.91. The number of rotatable bonds is 7. The second kappa shape index (κ2) is 9.64. The first-order chi connectivity index (χ1) is 11.6. The number of hydrazone groups is 1. The highest BCUT2D eigenvalue weighted by Gasteiger charge is 2.13. The maximum Gasteiger partial charge on any atom is 0.254 e. The number of halogens is 2. The monoisotopic (exact) mass is 371 g/mol. The Bertz CT molecular complexity index is 594. The van der Waals surface area contributed by atoms with Crippen LogP contribution in [0.1, 0.15) is 5.56 Å². The number of benzene rings is 1. The van der Waals surface area contributed by atoms with Crippen molar-refractivity contribution in [3.8, 4) is 5.75 Å². The third kappa shape index (κ3) is 5.79. The summed E-state index contributed by atoms with van der Waals surface area (Å²) < 4.78 is 10.6. The Kier molecular flexibility index (Phi) is 7.52. The van der Waals surface area contributed by atoms with E-state index in [0.29, 0.717) is 41.2 Å². The molecule has 1 N–H and O–H groups in total. The van der Waals surface area contributed by atoms with E-state index in [-0.39, 0.29) is 12.5 Å². The summed E-state index contributed by atoms with van der Waals surface area (Å²) in [6.45, 7) is 6.95. The van der Waals surface area contributed by atoms with Crippen LogP contribution < -0.4 is 10.2 Å². The number of nitrogens with zero attached hydrogens (tertiary/aromatic N) is 2. The van der Waals surface area contributed by atoms with E-state index in [0.717, 1.165) is 13.1 Å². The molecule has 0 atom stereocenters. The van der Waals surface area contributed by atoms with Crippen LogP contribution in [0.15, 0.2) is 29.9 Å². The van der Waals surface area contributed by atoms with Gasteiger partial charge in [0, 0.05) is 13.1 Å². The number of carbonyl (C=O) groups excluding carboxylic acids is 1. The molecule has 1 aromatic carbocycles. The maximum absolute atomic E-state index is 11.8. The quantitative estimate of drug-likeness (QED) is 0.453. The lowest BCUT2D eigenvalue weighted by molar-refractivity contribution is -0.123. The van der Waals surface area contributed by atoms with Gasteiger partial charge in [0.2, 0.25) is 0 Å². The first kappa shape index (κ1) is 18.7. The van der Waals surface area contributed by atoms with Gasteiger partial charge in [-0.05, 0) is 17.7 Å². The van der Waals surface area contributed by atoms with Crippen molar-refractivity contribution >= 4 is 35.3 Å². The Morgan fingerprint density at radius 2 is 2.04 bits per heavy atom. The molecule has 0 saturated carbocycles. The van der Waals surface area contributed by atoms with Crippen LogP contribution in [0, 0.1) is 0 Å². The first-order valence-electron chi connectivity index (χ1n) is 7.45. The molecule has 2 rings (SSSR count). The molecule has 0 aliphatic carbocycles. The standard InChI is InChI=1S/C16H19Cl2N3O3/c1-2-5-24-16-13(17)8-12(9-14(16)18)10-19-20-15(22)11-21-3-6-23-7-4-21/h2,8-10H,1,3-7,11H2,(H,20,22)/b19-10+. The third-order valence-corrected chi connectivity index (χ3v) is 3.80. The number of nitrogens with one attached hydrogen (secondary N) is 1. The van der Waals surface area contributed by atoms with Crippen LogP contribution in [0.2, 0.25) is 10.0 Å². The molecule has 1 aliphatic heterocycles. The van der Waals surface area contributed by atoms with E-state index in [1.54, 1.807) is 18.2 Å². The van der Waals surface area contributed by atoms with Crippen LogP contribution >= 0.6 is 23.2 Å². The average molecular weight is 372 g/mol. The van der Waals surface area contributed by atoms with Crippen LogP contribution in [0.25, 0.3) is 0 Å². The summed E-state index contributed by atoms with van der Waals surface area (Å²) in [6, 6.07) is 3.31. The molecule has 0 unspecified atom stereocenters. The fourth-order valence-corrected chi connectivity index (χ4v) is 2.72. The predicted octanol–water partition coefficient (Wildman–Crippen LogP) is 2.34. The average Bonchev–Trinajstić information content (AvgIpc) is 2.55. The van der Waals surface area contributed by atoms with Gasteiger partial charge in [0.25, 0.3) is 5.91 Å². The molecule has 24 heavy (non-hydrogen) atoms. The summed E-state index contributed by atoms with van der Waals surface area (Å²) >= 11 is 12.3. The molecule has 1 amide bonds. The van der Waals surface area contributed by atoms with E-state index in [9.17, 15) is 4.79 Å². The number of carbonyl (C=O) groups is 1. The Morgan fingerprint density at radius 1 is 1.38 bits per heavy atom. The minimum atomic E-state index is -0.184. The van der Waals surface area contributed by atoms with Crippen molar-refractivity contribution < 1.29 is 14.3 Å². The van der Waals surface area contributed by atoms with Gasteiger partial charge in [0.15, 0.2) is 5.75 Å². The van der Waals surface area contributed by atoms with Gasteiger partial charge < -0.3 is 9.47 Å². The lowest BCUT2D eigenvalue weighted by atomic mass is 10.2.